The number of rotatable bonds is 5. The van der Waals surface area contributed by atoms with Gasteiger partial charge in [0.25, 0.3) is 0 Å². The quantitative estimate of drug-likeness (QED) is 0.575. The van der Waals surface area contributed by atoms with Gasteiger partial charge in [0, 0.05) is 18.7 Å². The van der Waals surface area contributed by atoms with Crippen LogP contribution in [0.2, 0.25) is 0 Å². The molecule has 1 spiro atoms. The monoisotopic (exact) mass is 399 g/mol. The SMILES string of the molecule is Cc1ccccc1C1(SCCS)CC2(CCN1C=O)SCCCS2. The Morgan fingerprint density at radius 3 is 2.75 bits per heavy atom. The van der Waals surface area contributed by atoms with Crippen LogP contribution in [0.1, 0.15) is 30.4 Å². The molecule has 2 saturated heterocycles. The first-order valence-corrected chi connectivity index (χ1v) is 12.1. The van der Waals surface area contributed by atoms with E-state index in [-0.39, 0.29) is 8.95 Å². The lowest BCUT2D eigenvalue weighted by molar-refractivity contribution is -0.122. The van der Waals surface area contributed by atoms with Crippen LogP contribution in [-0.4, -0.2) is 44.9 Å². The molecule has 6 heteroatoms. The molecule has 0 radical (unpaired) electrons. The zero-order chi connectivity index (χ0) is 17.0. The van der Waals surface area contributed by atoms with Crippen molar-refractivity contribution in [3.63, 3.8) is 0 Å². The smallest absolute Gasteiger partial charge is 0.211 e. The predicted octanol–water partition coefficient (Wildman–Crippen LogP) is 4.63. The van der Waals surface area contributed by atoms with Gasteiger partial charge in [0.05, 0.1) is 4.08 Å². The van der Waals surface area contributed by atoms with E-state index in [4.69, 9.17) is 0 Å². The molecule has 1 amide bonds. The summed E-state index contributed by atoms with van der Waals surface area (Å²) in [4.78, 5) is 13.8. The number of piperidine rings is 1. The number of thioether (sulfide) groups is 3. The van der Waals surface area contributed by atoms with Gasteiger partial charge in [-0.25, -0.2) is 0 Å². The average Bonchev–Trinajstić information content (AvgIpc) is 2.61. The third-order valence-electron chi connectivity index (χ3n) is 4.85. The molecule has 132 valence electrons. The van der Waals surface area contributed by atoms with Crippen molar-refractivity contribution in [3.8, 4) is 0 Å². The van der Waals surface area contributed by atoms with E-state index in [1.54, 1.807) is 0 Å². The van der Waals surface area contributed by atoms with Crippen LogP contribution in [0.3, 0.4) is 0 Å². The molecule has 1 unspecified atom stereocenters. The van der Waals surface area contributed by atoms with E-state index in [2.05, 4.69) is 72.2 Å². The molecule has 0 saturated carbocycles. The number of aryl methyl sites for hydroxylation is 1. The van der Waals surface area contributed by atoms with Crippen LogP contribution in [0.15, 0.2) is 24.3 Å². The second-order valence-electron chi connectivity index (χ2n) is 6.36. The highest BCUT2D eigenvalue weighted by atomic mass is 32.2. The Hall–Kier alpha value is 0.0900. The van der Waals surface area contributed by atoms with E-state index in [9.17, 15) is 4.79 Å². The van der Waals surface area contributed by atoms with Crippen LogP contribution in [0, 0.1) is 6.92 Å². The maximum absolute atomic E-state index is 12.0. The largest absolute Gasteiger partial charge is 0.326 e. The lowest BCUT2D eigenvalue weighted by Crippen LogP contribution is -2.54. The van der Waals surface area contributed by atoms with Crippen molar-refractivity contribution in [3.05, 3.63) is 35.4 Å². The Kier molecular flexibility index (Phi) is 6.44. The lowest BCUT2D eigenvalue weighted by Gasteiger charge is -2.53. The molecule has 2 fully saturated rings. The van der Waals surface area contributed by atoms with Crippen molar-refractivity contribution in [2.75, 3.05) is 29.6 Å². The first-order valence-electron chi connectivity index (χ1n) is 8.47. The van der Waals surface area contributed by atoms with E-state index in [1.165, 1.54) is 29.1 Å². The van der Waals surface area contributed by atoms with Crippen LogP contribution in [0.25, 0.3) is 0 Å². The number of hydrogen-bond donors (Lipinski definition) is 1. The summed E-state index contributed by atoms with van der Waals surface area (Å²) < 4.78 is 0.254. The lowest BCUT2D eigenvalue weighted by atomic mass is 9.91. The molecule has 2 aliphatic heterocycles. The van der Waals surface area contributed by atoms with Crippen molar-refractivity contribution in [1.29, 1.82) is 0 Å². The van der Waals surface area contributed by atoms with Gasteiger partial charge >= 0.3 is 0 Å². The highest BCUT2D eigenvalue weighted by Gasteiger charge is 2.51. The maximum atomic E-state index is 12.0. The summed E-state index contributed by atoms with van der Waals surface area (Å²) in [5.41, 5.74) is 2.58. The number of hydrogen-bond acceptors (Lipinski definition) is 5. The minimum absolute atomic E-state index is 0.254. The maximum Gasteiger partial charge on any atom is 0.211 e. The molecular weight excluding hydrogens is 374 g/mol. The van der Waals surface area contributed by atoms with Crippen molar-refractivity contribution in [2.24, 2.45) is 0 Å². The number of thiol groups is 1. The van der Waals surface area contributed by atoms with Gasteiger partial charge < -0.3 is 4.90 Å². The van der Waals surface area contributed by atoms with Gasteiger partial charge in [-0.15, -0.1) is 35.3 Å². The molecular formula is C18H25NOS4. The fourth-order valence-electron chi connectivity index (χ4n) is 3.71. The molecule has 2 aliphatic rings. The Morgan fingerprint density at radius 2 is 2.08 bits per heavy atom. The topological polar surface area (TPSA) is 20.3 Å². The molecule has 1 aromatic carbocycles. The number of carbonyl (C=O) groups is 1. The minimum atomic E-state index is -0.259. The van der Waals surface area contributed by atoms with E-state index in [0.29, 0.717) is 0 Å². The zero-order valence-electron chi connectivity index (χ0n) is 14.1. The van der Waals surface area contributed by atoms with Crippen LogP contribution >= 0.6 is 47.9 Å². The van der Waals surface area contributed by atoms with Gasteiger partial charge in [0.15, 0.2) is 0 Å². The molecule has 0 aromatic heterocycles. The molecule has 24 heavy (non-hydrogen) atoms. The third-order valence-corrected chi connectivity index (χ3v) is 10.3. The van der Waals surface area contributed by atoms with Gasteiger partial charge in [0.1, 0.15) is 4.87 Å². The van der Waals surface area contributed by atoms with Crippen molar-refractivity contribution in [1.82, 2.24) is 4.90 Å². The summed E-state index contributed by atoms with van der Waals surface area (Å²) >= 11 is 10.6. The van der Waals surface area contributed by atoms with Crippen LogP contribution < -0.4 is 0 Å². The van der Waals surface area contributed by atoms with Crippen molar-refractivity contribution >= 4 is 54.3 Å². The molecule has 1 aromatic rings. The Bertz CT molecular complexity index is 576. The van der Waals surface area contributed by atoms with Gasteiger partial charge in [0.2, 0.25) is 6.41 Å². The van der Waals surface area contributed by atoms with Crippen LogP contribution in [0.4, 0.5) is 0 Å². The number of benzene rings is 1. The average molecular weight is 400 g/mol. The summed E-state index contributed by atoms with van der Waals surface area (Å²) in [7, 11) is 0. The van der Waals surface area contributed by atoms with Crippen molar-refractivity contribution < 1.29 is 4.79 Å². The number of amides is 1. The van der Waals surface area contributed by atoms with Gasteiger partial charge in [-0.2, -0.15) is 12.6 Å². The molecule has 0 N–H and O–H groups in total. The van der Waals surface area contributed by atoms with Gasteiger partial charge in [-0.05, 0) is 48.2 Å². The standard InChI is InChI=1S/C18H25NOS4/c1-15-5-2-3-6-16(15)18(24-12-9-21)13-17(7-8-19(18)14-20)22-10-4-11-23-17/h2-3,5-6,14,21H,4,7-13H2,1H3. The Labute approximate surface area is 163 Å². The van der Waals surface area contributed by atoms with Gasteiger partial charge in [-0.3, -0.25) is 4.79 Å². The van der Waals surface area contributed by atoms with E-state index < -0.39 is 0 Å². The highest BCUT2D eigenvalue weighted by Crippen LogP contribution is 2.59. The second-order valence-corrected chi connectivity index (χ2v) is 11.4. The number of likely N-dealkylation sites (tertiary alicyclic amines) is 1. The molecule has 0 aliphatic carbocycles. The number of carbonyl (C=O) groups excluding carboxylic acids is 1. The summed E-state index contributed by atoms with van der Waals surface area (Å²) in [6, 6.07) is 8.58. The Balaban J connectivity index is 2.04. The van der Waals surface area contributed by atoms with Crippen LogP contribution in [0.5, 0.6) is 0 Å². The van der Waals surface area contributed by atoms with Gasteiger partial charge in [-0.1, -0.05) is 24.3 Å². The van der Waals surface area contributed by atoms with E-state index in [0.717, 1.165) is 37.3 Å². The fourth-order valence-corrected chi connectivity index (χ4v) is 9.06. The minimum Gasteiger partial charge on any atom is -0.326 e. The summed E-state index contributed by atoms with van der Waals surface area (Å²) in [5, 5.41) is 0. The highest BCUT2D eigenvalue weighted by molar-refractivity contribution is 8.18. The molecule has 1 atom stereocenters. The second kappa shape index (κ2) is 8.19. The molecule has 2 heterocycles. The summed E-state index contributed by atoms with van der Waals surface area (Å²) in [6.45, 7) is 3.02. The van der Waals surface area contributed by atoms with Crippen LogP contribution in [-0.2, 0) is 9.67 Å². The Morgan fingerprint density at radius 1 is 1.33 bits per heavy atom. The van der Waals surface area contributed by atoms with Crippen molar-refractivity contribution in [2.45, 2.75) is 35.1 Å². The zero-order valence-corrected chi connectivity index (χ0v) is 17.4. The van der Waals surface area contributed by atoms with E-state index >= 15 is 0 Å². The first kappa shape index (κ1) is 18.9. The number of nitrogens with zero attached hydrogens (tertiary/aromatic N) is 1. The fraction of sp³-hybridized carbons (Fsp3) is 0.611. The third kappa shape index (κ3) is 3.62. The first-order chi connectivity index (χ1) is 11.7. The molecule has 3 rings (SSSR count). The predicted molar refractivity (Wildman–Crippen MR) is 113 cm³/mol. The normalized spacial score (nSPS) is 26.5. The summed E-state index contributed by atoms with van der Waals surface area (Å²) in [5.74, 6) is 4.27. The molecule has 0 bridgehead atoms. The van der Waals surface area contributed by atoms with E-state index in [1.807, 2.05) is 11.8 Å². The molecule has 2 nitrogen and oxygen atoms in total. The summed E-state index contributed by atoms with van der Waals surface area (Å²) in [6.07, 6.45) is 4.49.